The molecule has 0 saturated carbocycles. The lowest BCUT2D eigenvalue weighted by Crippen LogP contribution is -2.56. The molecule has 2 N–H and O–H groups in total. The molecule has 22 heavy (non-hydrogen) atoms. The fourth-order valence-electron chi connectivity index (χ4n) is 2.48. The number of amides is 5. The fraction of sp³-hybridized carbons (Fsp3) is 0.769. The summed E-state index contributed by atoms with van der Waals surface area (Å²) in [5.74, 6) is -0.340. The molecule has 5 amide bonds. The Bertz CT molecular complexity index is 417. The molecule has 2 saturated heterocycles. The highest BCUT2D eigenvalue weighted by molar-refractivity contribution is 5.95. The molecular formula is C13H23N5O4. The minimum Gasteiger partial charge on any atom is -0.378 e. The number of rotatable bonds is 2. The molecule has 0 aromatic rings. The molecule has 0 aromatic heterocycles. The van der Waals surface area contributed by atoms with Gasteiger partial charge in [0, 0.05) is 46.3 Å². The van der Waals surface area contributed by atoms with Gasteiger partial charge in [-0.05, 0) is 0 Å². The average molecular weight is 313 g/mol. The minimum atomic E-state index is -0.508. The van der Waals surface area contributed by atoms with Gasteiger partial charge < -0.3 is 19.9 Å². The SMILES string of the molecule is CNC(=O)NC(=O)CN1CCN(C(=O)N2CCOCC2)CC1. The zero-order valence-electron chi connectivity index (χ0n) is 12.8. The number of piperazine rings is 1. The molecule has 124 valence electrons. The lowest BCUT2D eigenvalue weighted by molar-refractivity contribution is -0.121. The zero-order valence-corrected chi connectivity index (χ0v) is 12.8. The van der Waals surface area contributed by atoms with Gasteiger partial charge in [0.1, 0.15) is 0 Å². The van der Waals surface area contributed by atoms with Crippen LogP contribution in [-0.4, -0.2) is 98.7 Å². The van der Waals surface area contributed by atoms with Crippen LogP contribution in [0.3, 0.4) is 0 Å². The number of nitrogens with one attached hydrogen (secondary N) is 2. The van der Waals surface area contributed by atoms with Crippen LogP contribution in [0.25, 0.3) is 0 Å². The van der Waals surface area contributed by atoms with Gasteiger partial charge in [-0.3, -0.25) is 15.0 Å². The molecule has 0 spiro atoms. The first kappa shape index (κ1) is 16.5. The summed E-state index contributed by atoms with van der Waals surface area (Å²) >= 11 is 0. The number of imide groups is 1. The highest BCUT2D eigenvalue weighted by atomic mass is 16.5. The predicted molar refractivity (Wildman–Crippen MR) is 78.4 cm³/mol. The van der Waals surface area contributed by atoms with Gasteiger partial charge >= 0.3 is 12.1 Å². The predicted octanol–water partition coefficient (Wildman–Crippen LogP) is -1.49. The van der Waals surface area contributed by atoms with Gasteiger partial charge in [0.15, 0.2) is 0 Å². The maximum absolute atomic E-state index is 12.3. The van der Waals surface area contributed by atoms with Crippen molar-refractivity contribution in [2.45, 2.75) is 0 Å². The van der Waals surface area contributed by atoms with Crippen LogP contribution in [0.1, 0.15) is 0 Å². The van der Waals surface area contributed by atoms with Gasteiger partial charge in [-0.2, -0.15) is 0 Å². The van der Waals surface area contributed by atoms with Crippen molar-refractivity contribution in [3.05, 3.63) is 0 Å². The molecule has 2 aliphatic rings. The summed E-state index contributed by atoms with van der Waals surface area (Å²) in [7, 11) is 1.46. The summed E-state index contributed by atoms with van der Waals surface area (Å²) in [5.41, 5.74) is 0. The largest absolute Gasteiger partial charge is 0.378 e. The van der Waals surface area contributed by atoms with E-state index < -0.39 is 6.03 Å². The van der Waals surface area contributed by atoms with E-state index in [4.69, 9.17) is 4.74 Å². The number of carbonyl (C=O) groups is 3. The number of ether oxygens (including phenoxy) is 1. The first-order valence-corrected chi connectivity index (χ1v) is 7.45. The molecular weight excluding hydrogens is 290 g/mol. The lowest BCUT2D eigenvalue weighted by atomic mass is 10.3. The number of morpholine rings is 1. The van der Waals surface area contributed by atoms with E-state index in [-0.39, 0.29) is 18.5 Å². The fourth-order valence-corrected chi connectivity index (χ4v) is 2.48. The minimum absolute atomic E-state index is 0.0396. The highest BCUT2D eigenvalue weighted by Gasteiger charge is 2.27. The van der Waals surface area contributed by atoms with Crippen molar-refractivity contribution in [2.75, 3.05) is 66.1 Å². The van der Waals surface area contributed by atoms with Gasteiger partial charge in [0.2, 0.25) is 5.91 Å². The molecule has 2 aliphatic heterocycles. The van der Waals surface area contributed by atoms with Gasteiger partial charge in [-0.15, -0.1) is 0 Å². The van der Waals surface area contributed by atoms with Gasteiger partial charge in [0.05, 0.1) is 19.8 Å². The van der Waals surface area contributed by atoms with Crippen LogP contribution < -0.4 is 10.6 Å². The van der Waals surface area contributed by atoms with E-state index in [9.17, 15) is 14.4 Å². The standard InChI is InChI=1S/C13H23N5O4/c1-14-12(20)15-11(19)10-16-2-4-17(5-3-16)13(21)18-6-8-22-9-7-18/h2-10H2,1H3,(H2,14,15,19,20). The van der Waals surface area contributed by atoms with Crippen LogP contribution >= 0.6 is 0 Å². The second kappa shape index (κ2) is 7.95. The van der Waals surface area contributed by atoms with E-state index in [0.29, 0.717) is 52.5 Å². The van der Waals surface area contributed by atoms with E-state index in [0.717, 1.165) is 0 Å². The molecule has 0 aromatic carbocycles. The maximum Gasteiger partial charge on any atom is 0.321 e. The van der Waals surface area contributed by atoms with Crippen LogP contribution in [0.2, 0.25) is 0 Å². The molecule has 2 fully saturated rings. The Morgan fingerprint density at radius 3 is 2.14 bits per heavy atom. The summed E-state index contributed by atoms with van der Waals surface area (Å²) in [5, 5.41) is 4.56. The van der Waals surface area contributed by atoms with Crippen molar-refractivity contribution in [3.8, 4) is 0 Å². The summed E-state index contributed by atoms with van der Waals surface area (Å²) in [6, 6.07) is -0.469. The summed E-state index contributed by atoms with van der Waals surface area (Å²) in [6.45, 7) is 5.02. The Kier molecular flexibility index (Phi) is 5.96. The van der Waals surface area contributed by atoms with E-state index in [1.54, 1.807) is 9.80 Å². The van der Waals surface area contributed by atoms with E-state index >= 15 is 0 Å². The number of carbonyl (C=O) groups excluding carboxylic acids is 3. The number of hydrogen-bond acceptors (Lipinski definition) is 5. The van der Waals surface area contributed by atoms with Gasteiger partial charge in [0.25, 0.3) is 0 Å². The van der Waals surface area contributed by atoms with Crippen LogP contribution in [0.15, 0.2) is 0 Å². The summed E-state index contributed by atoms with van der Waals surface area (Å²) in [6.07, 6.45) is 0. The Labute approximate surface area is 129 Å². The van der Waals surface area contributed by atoms with Crippen LogP contribution in [0.4, 0.5) is 9.59 Å². The van der Waals surface area contributed by atoms with Crippen LogP contribution in [0.5, 0.6) is 0 Å². The van der Waals surface area contributed by atoms with Crippen molar-refractivity contribution in [1.82, 2.24) is 25.3 Å². The third kappa shape index (κ3) is 4.57. The lowest BCUT2D eigenvalue weighted by Gasteiger charge is -2.38. The van der Waals surface area contributed by atoms with Crippen LogP contribution in [-0.2, 0) is 9.53 Å². The number of hydrogen-bond donors (Lipinski definition) is 2. The summed E-state index contributed by atoms with van der Waals surface area (Å²) in [4.78, 5) is 40.5. The number of nitrogens with zero attached hydrogens (tertiary/aromatic N) is 3. The second-order valence-corrected chi connectivity index (χ2v) is 5.27. The Hall–Kier alpha value is -1.87. The van der Waals surface area contributed by atoms with E-state index in [1.165, 1.54) is 7.05 Å². The van der Waals surface area contributed by atoms with Crippen molar-refractivity contribution in [2.24, 2.45) is 0 Å². The summed E-state index contributed by atoms with van der Waals surface area (Å²) < 4.78 is 5.24. The normalized spacial score (nSPS) is 19.7. The monoisotopic (exact) mass is 313 g/mol. The highest BCUT2D eigenvalue weighted by Crippen LogP contribution is 2.07. The van der Waals surface area contributed by atoms with Gasteiger partial charge in [-0.1, -0.05) is 0 Å². The Balaban J connectivity index is 1.72. The molecule has 0 radical (unpaired) electrons. The molecule has 2 rings (SSSR count). The molecule has 0 atom stereocenters. The molecule has 9 heteroatoms. The molecule has 9 nitrogen and oxygen atoms in total. The molecule has 0 unspecified atom stereocenters. The van der Waals surface area contributed by atoms with Crippen molar-refractivity contribution < 1.29 is 19.1 Å². The average Bonchev–Trinajstić information content (AvgIpc) is 2.55. The second-order valence-electron chi connectivity index (χ2n) is 5.27. The first-order chi connectivity index (χ1) is 10.6. The topological polar surface area (TPSA) is 94.2 Å². The Morgan fingerprint density at radius 2 is 1.55 bits per heavy atom. The van der Waals surface area contributed by atoms with Crippen molar-refractivity contribution >= 4 is 18.0 Å². The molecule has 2 heterocycles. The van der Waals surface area contributed by atoms with Crippen molar-refractivity contribution in [3.63, 3.8) is 0 Å². The molecule has 0 aliphatic carbocycles. The van der Waals surface area contributed by atoms with Crippen molar-refractivity contribution in [1.29, 1.82) is 0 Å². The quantitative estimate of drug-likeness (QED) is 0.648. The smallest absolute Gasteiger partial charge is 0.321 e. The van der Waals surface area contributed by atoms with E-state index in [1.807, 2.05) is 4.90 Å². The Morgan fingerprint density at radius 1 is 0.955 bits per heavy atom. The maximum atomic E-state index is 12.3. The molecule has 0 bridgehead atoms. The van der Waals surface area contributed by atoms with E-state index in [2.05, 4.69) is 10.6 Å². The first-order valence-electron chi connectivity index (χ1n) is 7.45. The zero-order chi connectivity index (χ0) is 15.9. The number of urea groups is 2. The third-order valence-corrected chi connectivity index (χ3v) is 3.77. The van der Waals surface area contributed by atoms with Crippen LogP contribution in [0, 0.1) is 0 Å². The third-order valence-electron chi connectivity index (χ3n) is 3.77. The van der Waals surface area contributed by atoms with Gasteiger partial charge in [-0.25, -0.2) is 9.59 Å².